The van der Waals surface area contributed by atoms with Gasteiger partial charge in [0.25, 0.3) is 0 Å². The second kappa shape index (κ2) is 3.57. The fraction of sp³-hybridized carbons (Fsp3) is 0.0833. The summed E-state index contributed by atoms with van der Waals surface area (Å²) in [5.41, 5.74) is 3.87. The summed E-state index contributed by atoms with van der Waals surface area (Å²) in [6.45, 7) is 4.26. The van der Waals surface area contributed by atoms with E-state index in [2.05, 4.69) is 56.2 Å². The zero-order valence-electron chi connectivity index (χ0n) is 7.70. The summed E-state index contributed by atoms with van der Waals surface area (Å²) < 4.78 is 0. The predicted octanol–water partition coefficient (Wildman–Crippen LogP) is 3.00. The van der Waals surface area contributed by atoms with Gasteiger partial charge in [0.1, 0.15) is 0 Å². The van der Waals surface area contributed by atoms with Gasteiger partial charge in [-0.1, -0.05) is 0 Å². The average Bonchev–Trinajstić information content (AvgIpc) is 2.20. The third-order valence-electron chi connectivity index (χ3n) is 2.16. The Bertz CT molecular complexity index is 376. The fourth-order valence-corrected chi connectivity index (χ4v) is 1.38. The van der Waals surface area contributed by atoms with Crippen molar-refractivity contribution in [3.63, 3.8) is 0 Å². The summed E-state index contributed by atoms with van der Waals surface area (Å²) >= 11 is 0. The zero-order valence-corrected chi connectivity index (χ0v) is 7.70. The van der Waals surface area contributed by atoms with Gasteiger partial charge in [0.15, 0.2) is 0 Å². The minimum atomic E-state index is 1.28. The van der Waals surface area contributed by atoms with Crippen molar-refractivity contribution in [2.45, 2.75) is 6.92 Å². The van der Waals surface area contributed by atoms with E-state index in [1.54, 1.807) is 0 Å². The van der Waals surface area contributed by atoms with Crippen LogP contribution in [-0.2, 0) is 0 Å². The third kappa shape index (κ3) is 1.86. The predicted molar refractivity (Wildman–Crippen MR) is 58.0 cm³/mol. The second-order valence-corrected chi connectivity index (χ2v) is 3.23. The Balaban J connectivity index is 2.42. The Kier molecular flexibility index (Phi) is 2.26. The van der Waals surface area contributed by atoms with Crippen LogP contribution in [0.2, 0.25) is 0 Å². The molecule has 0 spiro atoms. The number of aryl methyl sites for hydroxylation is 1. The molecule has 0 N–H and O–H groups in total. The third-order valence-corrected chi connectivity index (χ3v) is 2.16. The van der Waals surface area contributed by atoms with Crippen LogP contribution in [0.25, 0.3) is 11.0 Å². The van der Waals surface area contributed by atoms with E-state index >= 15 is 0 Å². The minimum absolute atomic E-state index is 1.28. The monoisotopic (exact) mass is 166 g/mol. The molecule has 0 radical (unpaired) electrons. The molecular formula is C12H11B. The summed E-state index contributed by atoms with van der Waals surface area (Å²) in [4.78, 5) is 0. The van der Waals surface area contributed by atoms with Crippen LogP contribution in [0.1, 0.15) is 5.56 Å². The van der Waals surface area contributed by atoms with Crippen molar-refractivity contribution in [3.8, 4) is 11.0 Å². The van der Waals surface area contributed by atoms with Gasteiger partial charge >= 0.3 is 78.8 Å². The van der Waals surface area contributed by atoms with Crippen LogP contribution < -0.4 is 0 Å². The van der Waals surface area contributed by atoms with E-state index in [4.69, 9.17) is 0 Å². The van der Waals surface area contributed by atoms with Gasteiger partial charge in [-0.05, 0) is 0 Å². The van der Waals surface area contributed by atoms with Crippen molar-refractivity contribution < 1.29 is 0 Å². The van der Waals surface area contributed by atoms with E-state index in [9.17, 15) is 0 Å². The van der Waals surface area contributed by atoms with E-state index in [-0.39, 0.29) is 0 Å². The first-order valence-corrected chi connectivity index (χ1v) is 4.48. The van der Waals surface area contributed by atoms with Gasteiger partial charge in [0, 0.05) is 0 Å². The number of rotatable bonds is 1. The fourth-order valence-electron chi connectivity index (χ4n) is 1.38. The second-order valence-electron chi connectivity index (χ2n) is 3.23. The molecule has 0 saturated heterocycles. The van der Waals surface area contributed by atoms with Gasteiger partial charge in [-0.2, -0.15) is 0 Å². The van der Waals surface area contributed by atoms with E-state index < -0.39 is 0 Å². The Morgan fingerprint density at radius 3 is 2.31 bits per heavy atom. The van der Waals surface area contributed by atoms with E-state index in [0.29, 0.717) is 0 Å². The first kappa shape index (κ1) is 8.24. The van der Waals surface area contributed by atoms with Crippen LogP contribution in [-0.4, -0.2) is 6.91 Å². The van der Waals surface area contributed by atoms with Gasteiger partial charge in [-0.25, -0.2) is 0 Å². The van der Waals surface area contributed by atoms with Crippen LogP contribution in [0.15, 0.2) is 48.4 Å². The van der Waals surface area contributed by atoms with Crippen molar-refractivity contribution in [2.24, 2.45) is 0 Å². The van der Waals surface area contributed by atoms with Crippen LogP contribution in [0.5, 0.6) is 0 Å². The normalized spacial score (nSPS) is 9.62. The molecule has 0 nitrogen and oxygen atoms in total. The van der Waals surface area contributed by atoms with Crippen LogP contribution >= 0.6 is 0 Å². The summed E-state index contributed by atoms with van der Waals surface area (Å²) in [6.07, 6.45) is 0. The summed E-state index contributed by atoms with van der Waals surface area (Å²) in [7, 11) is 0. The molecule has 2 rings (SSSR count). The van der Waals surface area contributed by atoms with E-state index in [1.165, 1.54) is 16.6 Å². The van der Waals surface area contributed by atoms with Gasteiger partial charge in [0.05, 0.1) is 0 Å². The molecule has 0 aliphatic rings. The molecule has 0 bridgehead atoms. The van der Waals surface area contributed by atoms with Crippen molar-refractivity contribution in [1.29, 1.82) is 0 Å². The number of hydrogen-bond acceptors (Lipinski definition) is 0. The van der Waals surface area contributed by atoms with Gasteiger partial charge in [0.2, 0.25) is 0 Å². The Labute approximate surface area is 79.5 Å². The number of benzene rings is 1. The molecule has 0 aliphatic heterocycles. The van der Waals surface area contributed by atoms with Gasteiger partial charge < -0.3 is 0 Å². The van der Waals surface area contributed by atoms with Crippen LogP contribution in [0.3, 0.4) is 0 Å². The number of hydrogen-bond donors (Lipinski definition) is 0. The summed E-state index contributed by atoms with van der Waals surface area (Å²) in [6, 6.07) is 14.7. The molecule has 13 heavy (non-hydrogen) atoms. The van der Waals surface area contributed by atoms with Crippen molar-refractivity contribution in [2.75, 3.05) is 0 Å². The molecule has 1 heteroatoms. The van der Waals surface area contributed by atoms with Gasteiger partial charge in [-0.15, -0.1) is 0 Å². The molecule has 1 heterocycles. The molecule has 0 fully saturated rings. The molecule has 1 aromatic heterocycles. The zero-order chi connectivity index (χ0) is 9.10. The SMILES string of the molecule is Cc1cbc(-c2ccccc2)cc1. The van der Waals surface area contributed by atoms with Crippen LogP contribution in [0, 0.1) is 6.92 Å². The molecular weight excluding hydrogens is 155 g/mol. The van der Waals surface area contributed by atoms with Crippen molar-refractivity contribution in [1.82, 2.24) is 0 Å². The molecule has 0 amide bonds. The molecule has 1 aromatic carbocycles. The molecule has 0 aliphatic carbocycles. The molecule has 0 saturated carbocycles. The van der Waals surface area contributed by atoms with E-state index in [0.717, 1.165) is 0 Å². The molecule has 0 unspecified atom stereocenters. The Hall–Kier alpha value is -1.37. The first-order valence-electron chi connectivity index (χ1n) is 4.48. The quantitative estimate of drug-likeness (QED) is 0.610. The standard InChI is InChI=1S/C12H11B/c1-10-7-8-12(13-9-10)11-5-3-2-4-6-11/h2-9H,1H3. The topological polar surface area (TPSA) is 0 Å². The van der Waals surface area contributed by atoms with Gasteiger partial charge in [-0.3, -0.25) is 0 Å². The van der Waals surface area contributed by atoms with Crippen LogP contribution in [0.4, 0.5) is 0 Å². The molecule has 2 aromatic rings. The van der Waals surface area contributed by atoms with Crippen molar-refractivity contribution in [3.05, 3.63) is 54.0 Å². The molecule has 0 atom stereocenters. The molecule has 62 valence electrons. The Morgan fingerprint density at radius 1 is 0.923 bits per heavy atom. The summed E-state index contributed by atoms with van der Waals surface area (Å²) in [5, 5.41) is 0. The maximum absolute atomic E-state index is 2.16. The Morgan fingerprint density at radius 2 is 1.69 bits per heavy atom. The first-order chi connectivity index (χ1) is 6.36. The summed E-state index contributed by atoms with van der Waals surface area (Å²) in [5.74, 6) is 2.14. The van der Waals surface area contributed by atoms with E-state index in [1.807, 2.05) is 6.07 Å². The average molecular weight is 166 g/mol. The maximum atomic E-state index is 2.16. The van der Waals surface area contributed by atoms with Crippen molar-refractivity contribution >= 4 is 6.91 Å².